The number of rotatable bonds is 11. The van der Waals surface area contributed by atoms with Gasteiger partial charge in [-0.15, -0.1) is 0 Å². The van der Waals surface area contributed by atoms with Crippen LogP contribution in [0.15, 0.2) is 48.0 Å². The first-order chi connectivity index (χ1) is 16.1. The fourth-order valence-corrected chi connectivity index (χ4v) is 3.93. The van der Waals surface area contributed by atoms with E-state index in [0.29, 0.717) is 6.61 Å². The standard InChI is InChI=1S/C26H31FN4O2/c1-2-7-24(30-26(32)21(19-28)18-22-8-5-9-25(27)29-22)20-10-12-23(13-11-20)33-17-6-16-31-14-3-4-15-31/h5,8-13,18,24H,2-4,6-7,14-17H2,1H3,(H,30,32)/b21-18+. The lowest BCUT2D eigenvalue weighted by Gasteiger charge is -2.19. The van der Waals surface area contributed by atoms with Crippen molar-refractivity contribution in [1.29, 1.82) is 5.26 Å². The van der Waals surface area contributed by atoms with Gasteiger partial charge in [0.05, 0.1) is 18.3 Å². The van der Waals surface area contributed by atoms with Gasteiger partial charge in [0.2, 0.25) is 5.95 Å². The molecule has 174 valence electrons. The van der Waals surface area contributed by atoms with Crippen molar-refractivity contribution in [2.75, 3.05) is 26.2 Å². The number of carbonyl (C=O) groups is 1. The molecule has 2 aromatic rings. The van der Waals surface area contributed by atoms with Crippen molar-refractivity contribution >= 4 is 12.0 Å². The maximum Gasteiger partial charge on any atom is 0.262 e. The molecule has 1 amide bonds. The number of carbonyl (C=O) groups excluding carboxylic acids is 1. The maximum atomic E-state index is 13.3. The van der Waals surface area contributed by atoms with Gasteiger partial charge in [-0.3, -0.25) is 4.79 Å². The van der Waals surface area contributed by atoms with E-state index in [1.54, 1.807) is 6.07 Å². The van der Waals surface area contributed by atoms with E-state index in [0.717, 1.165) is 37.1 Å². The van der Waals surface area contributed by atoms with Crippen molar-refractivity contribution in [3.05, 3.63) is 65.2 Å². The van der Waals surface area contributed by atoms with E-state index in [1.165, 1.54) is 44.1 Å². The number of halogens is 1. The Morgan fingerprint density at radius 1 is 1.27 bits per heavy atom. The first-order valence-electron chi connectivity index (χ1n) is 11.6. The highest BCUT2D eigenvalue weighted by molar-refractivity contribution is 6.01. The van der Waals surface area contributed by atoms with E-state index >= 15 is 0 Å². The van der Waals surface area contributed by atoms with Crippen LogP contribution in [0.2, 0.25) is 0 Å². The number of benzene rings is 1. The van der Waals surface area contributed by atoms with Gasteiger partial charge in [-0.25, -0.2) is 4.98 Å². The zero-order valence-corrected chi connectivity index (χ0v) is 19.1. The molecule has 1 unspecified atom stereocenters. The van der Waals surface area contributed by atoms with Gasteiger partial charge >= 0.3 is 0 Å². The van der Waals surface area contributed by atoms with Gasteiger partial charge in [-0.05, 0) is 74.7 Å². The molecular weight excluding hydrogens is 419 g/mol. The van der Waals surface area contributed by atoms with Crippen molar-refractivity contribution in [3.8, 4) is 11.8 Å². The second kappa shape index (κ2) is 12.7. The Morgan fingerprint density at radius 2 is 2.03 bits per heavy atom. The minimum absolute atomic E-state index is 0.118. The van der Waals surface area contributed by atoms with E-state index < -0.39 is 11.9 Å². The normalized spacial score (nSPS) is 15.1. The average Bonchev–Trinajstić information content (AvgIpc) is 3.34. The Kier molecular flexibility index (Phi) is 9.40. The summed E-state index contributed by atoms with van der Waals surface area (Å²) in [6, 6.07) is 13.6. The molecule has 0 aliphatic carbocycles. The van der Waals surface area contributed by atoms with Crippen LogP contribution in [-0.4, -0.2) is 42.0 Å². The predicted molar refractivity (Wildman–Crippen MR) is 126 cm³/mol. The maximum absolute atomic E-state index is 13.3. The highest BCUT2D eigenvalue weighted by Crippen LogP contribution is 2.22. The summed E-state index contributed by atoms with van der Waals surface area (Å²) in [4.78, 5) is 18.9. The van der Waals surface area contributed by atoms with Gasteiger partial charge in [-0.1, -0.05) is 31.5 Å². The topological polar surface area (TPSA) is 78.2 Å². The third-order valence-corrected chi connectivity index (χ3v) is 5.65. The monoisotopic (exact) mass is 450 g/mol. The molecular formula is C26H31FN4O2. The number of aromatic nitrogens is 1. The minimum Gasteiger partial charge on any atom is -0.494 e. The molecule has 0 radical (unpaired) electrons. The zero-order valence-electron chi connectivity index (χ0n) is 19.1. The van der Waals surface area contributed by atoms with Crippen LogP contribution in [0.1, 0.15) is 56.3 Å². The highest BCUT2D eigenvalue weighted by Gasteiger charge is 2.17. The lowest BCUT2D eigenvalue weighted by atomic mass is 10.0. The molecule has 0 bridgehead atoms. The molecule has 1 aliphatic heterocycles. The molecule has 1 fully saturated rings. The third-order valence-electron chi connectivity index (χ3n) is 5.65. The molecule has 1 saturated heterocycles. The molecule has 1 N–H and O–H groups in total. The van der Waals surface area contributed by atoms with Gasteiger partial charge in [0, 0.05) is 6.54 Å². The second-order valence-electron chi connectivity index (χ2n) is 8.19. The number of hydrogen-bond donors (Lipinski definition) is 1. The van der Waals surface area contributed by atoms with E-state index in [9.17, 15) is 14.4 Å². The van der Waals surface area contributed by atoms with Gasteiger partial charge < -0.3 is 15.0 Å². The molecule has 3 rings (SSSR count). The van der Waals surface area contributed by atoms with E-state index in [1.807, 2.05) is 37.3 Å². The fourth-order valence-electron chi connectivity index (χ4n) is 3.93. The number of amides is 1. The molecule has 2 heterocycles. The number of nitrogens with zero attached hydrogens (tertiary/aromatic N) is 3. The van der Waals surface area contributed by atoms with E-state index in [-0.39, 0.29) is 17.3 Å². The Balaban J connectivity index is 1.58. The average molecular weight is 451 g/mol. The molecule has 1 aromatic heterocycles. The lowest BCUT2D eigenvalue weighted by molar-refractivity contribution is -0.117. The Morgan fingerprint density at radius 3 is 2.70 bits per heavy atom. The number of nitrogens with one attached hydrogen (secondary N) is 1. The van der Waals surface area contributed by atoms with Gasteiger partial charge in [0.25, 0.3) is 5.91 Å². The molecule has 1 atom stereocenters. The van der Waals surface area contributed by atoms with Crippen molar-refractivity contribution in [3.63, 3.8) is 0 Å². The molecule has 0 saturated carbocycles. The smallest absolute Gasteiger partial charge is 0.262 e. The summed E-state index contributed by atoms with van der Waals surface area (Å²) in [5.74, 6) is -0.371. The first-order valence-corrected chi connectivity index (χ1v) is 11.6. The van der Waals surface area contributed by atoms with Crippen molar-refractivity contribution in [2.24, 2.45) is 0 Å². The lowest BCUT2D eigenvalue weighted by Crippen LogP contribution is -2.29. The summed E-state index contributed by atoms with van der Waals surface area (Å²) < 4.78 is 19.2. The SMILES string of the molecule is CCCC(NC(=O)/C(C#N)=C/c1cccc(F)n1)c1ccc(OCCCN2CCCC2)cc1. The third kappa shape index (κ3) is 7.69. The van der Waals surface area contributed by atoms with E-state index in [2.05, 4.69) is 15.2 Å². The summed E-state index contributed by atoms with van der Waals surface area (Å²) >= 11 is 0. The molecule has 1 aromatic carbocycles. The summed E-state index contributed by atoms with van der Waals surface area (Å²) in [6.07, 6.45) is 6.46. The number of hydrogen-bond acceptors (Lipinski definition) is 5. The van der Waals surface area contributed by atoms with Crippen molar-refractivity contribution < 1.29 is 13.9 Å². The van der Waals surface area contributed by atoms with Crippen LogP contribution < -0.4 is 10.1 Å². The molecule has 33 heavy (non-hydrogen) atoms. The number of pyridine rings is 1. The van der Waals surface area contributed by atoms with Crippen LogP contribution in [0, 0.1) is 17.3 Å². The van der Waals surface area contributed by atoms with Crippen LogP contribution in [-0.2, 0) is 4.79 Å². The van der Waals surface area contributed by atoms with Crippen LogP contribution in [0.25, 0.3) is 6.08 Å². The molecule has 0 spiro atoms. The Labute approximate surface area is 195 Å². The van der Waals surface area contributed by atoms with Gasteiger partial charge in [-0.2, -0.15) is 9.65 Å². The quantitative estimate of drug-likeness (QED) is 0.233. The van der Waals surface area contributed by atoms with Crippen LogP contribution in [0.4, 0.5) is 4.39 Å². The van der Waals surface area contributed by atoms with Crippen LogP contribution >= 0.6 is 0 Å². The first kappa shape index (κ1) is 24.4. The summed E-state index contributed by atoms with van der Waals surface area (Å²) in [6.45, 7) is 6.17. The number of nitriles is 1. The predicted octanol–water partition coefficient (Wildman–Crippen LogP) is 4.65. The Bertz CT molecular complexity index is 979. The molecule has 7 heteroatoms. The highest BCUT2D eigenvalue weighted by atomic mass is 19.1. The minimum atomic E-state index is -0.663. The summed E-state index contributed by atoms with van der Waals surface area (Å²) in [7, 11) is 0. The number of likely N-dealkylation sites (tertiary alicyclic amines) is 1. The summed E-state index contributed by atoms with van der Waals surface area (Å²) in [5.41, 5.74) is 1.04. The van der Waals surface area contributed by atoms with E-state index in [4.69, 9.17) is 4.74 Å². The summed E-state index contributed by atoms with van der Waals surface area (Å²) in [5, 5.41) is 12.4. The van der Waals surface area contributed by atoms with Crippen LogP contribution in [0.5, 0.6) is 5.75 Å². The van der Waals surface area contributed by atoms with Crippen LogP contribution in [0.3, 0.4) is 0 Å². The Hall–Kier alpha value is -3.24. The zero-order chi connectivity index (χ0) is 23.5. The molecule has 1 aliphatic rings. The van der Waals surface area contributed by atoms with Gasteiger partial charge in [0.1, 0.15) is 17.4 Å². The fraction of sp³-hybridized carbons (Fsp3) is 0.423. The number of ether oxygens (including phenoxy) is 1. The molecule has 6 nitrogen and oxygen atoms in total. The van der Waals surface area contributed by atoms with Crippen molar-refractivity contribution in [2.45, 2.75) is 45.1 Å². The largest absolute Gasteiger partial charge is 0.494 e. The van der Waals surface area contributed by atoms with Crippen molar-refractivity contribution in [1.82, 2.24) is 15.2 Å². The second-order valence-corrected chi connectivity index (χ2v) is 8.19. The van der Waals surface area contributed by atoms with Gasteiger partial charge in [0.15, 0.2) is 0 Å².